The van der Waals surface area contributed by atoms with Crippen molar-refractivity contribution in [2.45, 2.75) is 0 Å². The summed E-state index contributed by atoms with van der Waals surface area (Å²) in [5, 5.41) is 5.14. The number of amidine groups is 1. The van der Waals surface area contributed by atoms with Crippen LogP contribution < -0.4 is 5.32 Å². The number of fused-ring (bicyclic) bond motifs is 1. The average molecular weight is 358 g/mol. The zero-order valence-electron chi connectivity index (χ0n) is 13.7. The number of rotatable bonds is 2. The molecule has 26 heavy (non-hydrogen) atoms. The third-order valence-electron chi connectivity index (χ3n) is 3.98. The number of thioether (sulfide) groups is 1. The second kappa shape index (κ2) is 6.98. The summed E-state index contributed by atoms with van der Waals surface area (Å²) in [6.07, 6.45) is 1.83. The van der Waals surface area contributed by atoms with Gasteiger partial charge in [0.1, 0.15) is 0 Å². The molecule has 0 saturated carbocycles. The molecule has 1 fully saturated rings. The number of nitrogens with zero attached hydrogens (tertiary/aromatic N) is 1. The number of amides is 2. The minimum Gasteiger partial charge on any atom is -0.300 e. The normalized spacial score (nSPS) is 17.0. The van der Waals surface area contributed by atoms with Crippen molar-refractivity contribution in [3.63, 3.8) is 0 Å². The van der Waals surface area contributed by atoms with Gasteiger partial charge in [-0.2, -0.15) is 4.99 Å². The molecular formula is C21H14N2O2S. The van der Waals surface area contributed by atoms with Crippen LogP contribution in [0.5, 0.6) is 0 Å². The summed E-state index contributed by atoms with van der Waals surface area (Å²) in [4.78, 5) is 29.0. The summed E-state index contributed by atoms with van der Waals surface area (Å²) in [5.74, 6) is -0.623. The Kier molecular flexibility index (Phi) is 4.37. The zero-order valence-corrected chi connectivity index (χ0v) is 14.5. The van der Waals surface area contributed by atoms with Crippen molar-refractivity contribution >= 4 is 45.6 Å². The van der Waals surface area contributed by atoms with Crippen molar-refractivity contribution in [2.75, 3.05) is 0 Å². The smallest absolute Gasteiger partial charge is 0.279 e. The van der Waals surface area contributed by atoms with Gasteiger partial charge in [-0.05, 0) is 46.3 Å². The number of hydrogen-bond donors (Lipinski definition) is 1. The van der Waals surface area contributed by atoms with Crippen LogP contribution in [0.25, 0.3) is 16.8 Å². The third-order valence-corrected chi connectivity index (χ3v) is 4.89. The van der Waals surface area contributed by atoms with Crippen molar-refractivity contribution in [1.82, 2.24) is 5.32 Å². The molecule has 2 amide bonds. The van der Waals surface area contributed by atoms with Crippen molar-refractivity contribution < 1.29 is 9.59 Å². The lowest BCUT2D eigenvalue weighted by atomic mass is 10.0. The standard InChI is InChI=1S/C21H14N2O2S/c24-19(15-8-2-1-3-9-15)22-21-23-20(25)18(26-21)13-16-11-6-10-14-7-4-5-12-17(14)16/h1-13H,(H,22,23,24,25)/b18-13-. The van der Waals surface area contributed by atoms with Gasteiger partial charge in [0, 0.05) is 5.56 Å². The van der Waals surface area contributed by atoms with Gasteiger partial charge in [0.25, 0.3) is 11.8 Å². The first kappa shape index (κ1) is 16.3. The highest BCUT2D eigenvalue weighted by atomic mass is 32.2. The molecule has 4 rings (SSSR count). The molecule has 1 N–H and O–H groups in total. The van der Waals surface area contributed by atoms with Crippen LogP contribution in [-0.2, 0) is 4.79 Å². The van der Waals surface area contributed by atoms with Gasteiger partial charge < -0.3 is 5.32 Å². The van der Waals surface area contributed by atoms with E-state index in [9.17, 15) is 9.59 Å². The first-order chi connectivity index (χ1) is 12.7. The average Bonchev–Trinajstić information content (AvgIpc) is 3.01. The molecule has 0 aromatic heterocycles. The maximum Gasteiger partial charge on any atom is 0.279 e. The Labute approximate surface area is 154 Å². The monoisotopic (exact) mass is 358 g/mol. The van der Waals surface area contributed by atoms with Gasteiger partial charge in [0.15, 0.2) is 5.17 Å². The molecule has 0 unspecified atom stereocenters. The highest BCUT2D eigenvalue weighted by Gasteiger charge is 2.25. The number of aliphatic imine (C=N–C) groups is 1. The highest BCUT2D eigenvalue weighted by molar-refractivity contribution is 8.18. The Bertz CT molecular complexity index is 1070. The molecule has 4 nitrogen and oxygen atoms in total. The van der Waals surface area contributed by atoms with Crippen LogP contribution in [0.2, 0.25) is 0 Å². The molecule has 0 bridgehead atoms. The largest absolute Gasteiger partial charge is 0.300 e. The second-order valence-electron chi connectivity index (χ2n) is 5.72. The van der Waals surface area contributed by atoms with Gasteiger partial charge in [-0.25, -0.2) is 0 Å². The van der Waals surface area contributed by atoms with Gasteiger partial charge in [-0.3, -0.25) is 9.59 Å². The van der Waals surface area contributed by atoms with Crippen LogP contribution in [0.3, 0.4) is 0 Å². The summed E-state index contributed by atoms with van der Waals surface area (Å²) in [6, 6.07) is 22.7. The van der Waals surface area contributed by atoms with E-state index in [0.717, 1.165) is 16.3 Å². The topological polar surface area (TPSA) is 58.5 Å². The van der Waals surface area contributed by atoms with E-state index in [4.69, 9.17) is 0 Å². The van der Waals surface area contributed by atoms with Crippen LogP contribution in [-0.4, -0.2) is 17.0 Å². The molecule has 1 saturated heterocycles. The number of carbonyl (C=O) groups excluding carboxylic acids is 2. The fourth-order valence-corrected chi connectivity index (χ4v) is 3.55. The lowest BCUT2D eigenvalue weighted by Crippen LogP contribution is -2.20. The van der Waals surface area contributed by atoms with E-state index in [-0.39, 0.29) is 11.8 Å². The van der Waals surface area contributed by atoms with E-state index in [1.165, 1.54) is 11.8 Å². The predicted octanol–water partition coefficient (Wildman–Crippen LogP) is 4.24. The molecule has 1 aliphatic heterocycles. The van der Waals surface area contributed by atoms with Gasteiger partial charge in [-0.1, -0.05) is 60.7 Å². The van der Waals surface area contributed by atoms with Crippen LogP contribution in [0.15, 0.2) is 82.7 Å². The first-order valence-corrected chi connectivity index (χ1v) is 8.89. The molecule has 1 heterocycles. The molecule has 0 radical (unpaired) electrons. The van der Waals surface area contributed by atoms with Crippen LogP contribution in [0.1, 0.15) is 15.9 Å². The van der Waals surface area contributed by atoms with Gasteiger partial charge in [-0.15, -0.1) is 0 Å². The summed E-state index contributed by atoms with van der Waals surface area (Å²) in [5.41, 5.74) is 1.44. The van der Waals surface area contributed by atoms with Crippen molar-refractivity contribution in [1.29, 1.82) is 0 Å². The second-order valence-corrected chi connectivity index (χ2v) is 6.75. The summed E-state index contributed by atoms with van der Waals surface area (Å²) in [6.45, 7) is 0. The van der Waals surface area contributed by atoms with Crippen LogP contribution in [0, 0.1) is 0 Å². The molecule has 3 aromatic rings. The zero-order chi connectivity index (χ0) is 17.9. The third kappa shape index (κ3) is 3.30. The fraction of sp³-hybridized carbons (Fsp3) is 0. The molecule has 3 aromatic carbocycles. The lowest BCUT2D eigenvalue weighted by molar-refractivity contribution is -0.115. The number of nitrogens with one attached hydrogen (secondary N) is 1. The van der Waals surface area contributed by atoms with E-state index < -0.39 is 0 Å². The molecule has 0 atom stereocenters. The quantitative estimate of drug-likeness (QED) is 0.697. The van der Waals surface area contributed by atoms with E-state index in [1.807, 2.05) is 54.6 Å². The molecular weight excluding hydrogens is 344 g/mol. The fourth-order valence-electron chi connectivity index (χ4n) is 2.74. The Hall–Kier alpha value is -3.18. The SMILES string of the molecule is O=C1NC(=NC(=O)c2ccccc2)S/C1=C\c1cccc2ccccc12. The van der Waals surface area contributed by atoms with Crippen molar-refractivity contribution in [3.05, 3.63) is 88.8 Å². The maximum absolute atomic E-state index is 12.3. The van der Waals surface area contributed by atoms with Crippen molar-refractivity contribution in [2.24, 2.45) is 4.99 Å². The molecule has 126 valence electrons. The first-order valence-electron chi connectivity index (χ1n) is 8.07. The van der Waals surface area contributed by atoms with Gasteiger partial charge in [0.05, 0.1) is 4.91 Å². The Morgan fingerprint density at radius 2 is 1.65 bits per heavy atom. The summed E-state index contributed by atoms with van der Waals surface area (Å²) < 4.78 is 0. The minimum absolute atomic E-state index is 0.248. The molecule has 5 heteroatoms. The summed E-state index contributed by atoms with van der Waals surface area (Å²) in [7, 11) is 0. The molecule has 0 spiro atoms. The van der Waals surface area contributed by atoms with Crippen molar-refractivity contribution in [3.8, 4) is 0 Å². The van der Waals surface area contributed by atoms with Crippen LogP contribution >= 0.6 is 11.8 Å². The maximum atomic E-state index is 12.3. The van der Waals surface area contributed by atoms with E-state index in [0.29, 0.717) is 15.6 Å². The number of hydrogen-bond acceptors (Lipinski definition) is 3. The number of carbonyl (C=O) groups is 2. The minimum atomic E-state index is -0.375. The van der Waals surface area contributed by atoms with E-state index in [1.54, 1.807) is 24.3 Å². The lowest BCUT2D eigenvalue weighted by Gasteiger charge is -2.02. The summed E-state index contributed by atoms with van der Waals surface area (Å²) >= 11 is 1.17. The molecule has 0 aliphatic carbocycles. The highest BCUT2D eigenvalue weighted by Crippen LogP contribution is 2.29. The van der Waals surface area contributed by atoms with E-state index >= 15 is 0 Å². The van der Waals surface area contributed by atoms with Gasteiger partial charge in [0.2, 0.25) is 0 Å². The number of benzene rings is 3. The Morgan fingerprint density at radius 1 is 0.923 bits per heavy atom. The van der Waals surface area contributed by atoms with Gasteiger partial charge >= 0.3 is 0 Å². The Morgan fingerprint density at radius 3 is 2.50 bits per heavy atom. The molecule has 1 aliphatic rings. The predicted molar refractivity (Wildman–Crippen MR) is 106 cm³/mol. The Balaban J connectivity index is 1.63. The van der Waals surface area contributed by atoms with E-state index in [2.05, 4.69) is 10.3 Å². The van der Waals surface area contributed by atoms with Crippen LogP contribution in [0.4, 0.5) is 0 Å².